The first-order valence-corrected chi connectivity index (χ1v) is 12.7. The standard InChI is InChI=1S/C28H35N5O4/c1-4-35-17-24-32-26-27(22-11-5-6-12-23(22)31-28(26)29)33(24)14-8-13-30-16-20-9-7-10-21(15-20)36-18-25(34)37-19(2)3/h5-7,9-12,15,19,30H,4,8,13-14,16-18H2,1-3H3,(H2,29,31). The molecular weight excluding hydrogens is 470 g/mol. The Labute approximate surface area is 216 Å². The zero-order valence-corrected chi connectivity index (χ0v) is 21.7. The Kier molecular flexibility index (Phi) is 8.92. The summed E-state index contributed by atoms with van der Waals surface area (Å²) >= 11 is 0. The topological polar surface area (TPSA) is 114 Å². The van der Waals surface area contributed by atoms with Crippen molar-refractivity contribution in [1.29, 1.82) is 0 Å². The zero-order valence-electron chi connectivity index (χ0n) is 21.7. The third-order valence-corrected chi connectivity index (χ3v) is 5.81. The van der Waals surface area contributed by atoms with Crippen LogP contribution in [0.1, 0.15) is 38.6 Å². The molecule has 4 rings (SSSR count). The van der Waals surface area contributed by atoms with E-state index >= 15 is 0 Å². The van der Waals surface area contributed by atoms with Gasteiger partial charge in [0.05, 0.1) is 17.1 Å². The predicted octanol–water partition coefficient (Wildman–Crippen LogP) is 4.21. The van der Waals surface area contributed by atoms with Crippen LogP contribution in [-0.4, -0.2) is 46.4 Å². The Morgan fingerprint density at radius 3 is 2.78 bits per heavy atom. The van der Waals surface area contributed by atoms with E-state index in [1.165, 1.54) is 0 Å². The molecule has 2 heterocycles. The van der Waals surface area contributed by atoms with E-state index in [2.05, 4.69) is 20.9 Å². The molecule has 3 N–H and O–H groups in total. The van der Waals surface area contributed by atoms with Crippen LogP contribution in [0.25, 0.3) is 21.9 Å². The van der Waals surface area contributed by atoms with Crippen molar-refractivity contribution >= 4 is 33.7 Å². The molecule has 0 aliphatic heterocycles. The van der Waals surface area contributed by atoms with Gasteiger partial charge in [0.15, 0.2) is 12.4 Å². The molecule has 2 aromatic carbocycles. The van der Waals surface area contributed by atoms with Gasteiger partial charge in [0.1, 0.15) is 23.7 Å². The maximum absolute atomic E-state index is 11.7. The first kappa shape index (κ1) is 26.4. The molecule has 2 aromatic heterocycles. The number of benzene rings is 2. The van der Waals surface area contributed by atoms with Crippen LogP contribution in [0.4, 0.5) is 5.82 Å². The minimum absolute atomic E-state index is 0.104. The van der Waals surface area contributed by atoms with Crippen LogP contribution >= 0.6 is 0 Å². The summed E-state index contributed by atoms with van der Waals surface area (Å²) in [7, 11) is 0. The number of imidazole rings is 1. The number of nitrogens with one attached hydrogen (secondary N) is 1. The molecule has 9 heteroatoms. The lowest BCUT2D eigenvalue weighted by Gasteiger charge is -2.12. The number of aryl methyl sites for hydroxylation is 1. The van der Waals surface area contributed by atoms with Crippen molar-refractivity contribution in [2.45, 2.75) is 53.0 Å². The van der Waals surface area contributed by atoms with Gasteiger partial charge in [-0.2, -0.15) is 0 Å². The molecule has 4 aromatic rings. The van der Waals surface area contributed by atoms with Gasteiger partial charge < -0.3 is 29.8 Å². The molecule has 0 bridgehead atoms. The number of fused-ring (bicyclic) bond motifs is 3. The SMILES string of the molecule is CCOCc1nc2c(N)nc3ccccc3c2n1CCCNCc1cccc(OCC(=O)OC(C)C)c1. The van der Waals surface area contributed by atoms with Crippen LogP contribution < -0.4 is 15.8 Å². The second-order valence-electron chi connectivity index (χ2n) is 9.03. The largest absolute Gasteiger partial charge is 0.482 e. The molecule has 0 amide bonds. The van der Waals surface area contributed by atoms with E-state index in [1.54, 1.807) is 0 Å². The summed E-state index contributed by atoms with van der Waals surface area (Å²) < 4.78 is 18.6. The van der Waals surface area contributed by atoms with E-state index in [4.69, 9.17) is 24.9 Å². The molecule has 0 spiro atoms. The third-order valence-electron chi connectivity index (χ3n) is 5.81. The number of pyridine rings is 1. The normalized spacial score (nSPS) is 11.5. The van der Waals surface area contributed by atoms with Gasteiger partial charge in [0.2, 0.25) is 0 Å². The molecule has 0 unspecified atom stereocenters. The first-order chi connectivity index (χ1) is 18.0. The van der Waals surface area contributed by atoms with Crippen molar-refractivity contribution in [1.82, 2.24) is 19.9 Å². The average molecular weight is 506 g/mol. The minimum atomic E-state index is -0.375. The van der Waals surface area contributed by atoms with Gasteiger partial charge in [0.25, 0.3) is 0 Å². The first-order valence-electron chi connectivity index (χ1n) is 12.7. The summed E-state index contributed by atoms with van der Waals surface area (Å²) in [6, 6.07) is 15.7. The lowest BCUT2D eigenvalue weighted by Crippen LogP contribution is -2.19. The molecule has 0 saturated heterocycles. The molecule has 0 atom stereocenters. The molecule has 37 heavy (non-hydrogen) atoms. The third kappa shape index (κ3) is 6.75. The number of esters is 1. The number of rotatable bonds is 13. The minimum Gasteiger partial charge on any atom is -0.482 e. The average Bonchev–Trinajstić information content (AvgIpc) is 3.25. The summed E-state index contributed by atoms with van der Waals surface area (Å²) in [4.78, 5) is 21.0. The fraction of sp³-hybridized carbons (Fsp3) is 0.393. The Bertz CT molecular complexity index is 1350. The number of nitrogens with zero attached hydrogens (tertiary/aromatic N) is 3. The van der Waals surface area contributed by atoms with Crippen molar-refractivity contribution in [2.75, 3.05) is 25.5 Å². The fourth-order valence-corrected chi connectivity index (χ4v) is 4.23. The monoisotopic (exact) mass is 505 g/mol. The van der Waals surface area contributed by atoms with Crippen molar-refractivity contribution in [3.05, 3.63) is 59.9 Å². The lowest BCUT2D eigenvalue weighted by molar-refractivity contribution is -0.149. The summed E-state index contributed by atoms with van der Waals surface area (Å²) in [5.41, 5.74) is 9.92. The second kappa shape index (κ2) is 12.5. The summed E-state index contributed by atoms with van der Waals surface area (Å²) in [5, 5.41) is 4.52. The number of para-hydroxylation sites is 1. The van der Waals surface area contributed by atoms with Crippen LogP contribution in [-0.2, 0) is 34.0 Å². The summed E-state index contributed by atoms with van der Waals surface area (Å²) in [5.74, 6) is 1.55. The lowest BCUT2D eigenvalue weighted by atomic mass is 10.2. The highest BCUT2D eigenvalue weighted by atomic mass is 16.6. The van der Waals surface area contributed by atoms with Gasteiger partial charge in [-0.05, 0) is 57.5 Å². The number of nitrogen functional groups attached to an aromatic ring is 1. The Balaban J connectivity index is 1.38. The van der Waals surface area contributed by atoms with Gasteiger partial charge in [-0.25, -0.2) is 14.8 Å². The van der Waals surface area contributed by atoms with E-state index in [-0.39, 0.29) is 18.7 Å². The summed E-state index contributed by atoms with van der Waals surface area (Å²) in [6.07, 6.45) is 0.730. The summed E-state index contributed by atoms with van der Waals surface area (Å²) in [6.45, 7) is 8.78. The highest BCUT2D eigenvalue weighted by Gasteiger charge is 2.17. The molecule has 0 aliphatic carbocycles. The van der Waals surface area contributed by atoms with Crippen LogP contribution in [0, 0.1) is 0 Å². The van der Waals surface area contributed by atoms with Gasteiger partial charge in [-0.15, -0.1) is 0 Å². The van der Waals surface area contributed by atoms with Gasteiger partial charge in [-0.3, -0.25) is 0 Å². The van der Waals surface area contributed by atoms with Gasteiger partial charge in [0, 0.05) is 25.1 Å². The number of anilines is 1. The van der Waals surface area contributed by atoms with E-state index in [0.717, 1.165) is 52.8 Å². The van der Waals surface area contributed by atoms with Crippen molar-refractivity contribution in [2.24, 2.45) is 0 Å². The maximum Gasteiger partial charge on any atom is 0.344 e. The quantitative estimate of drug-likeness (QED) is 0.205. The zero-order chi connectivity index (χ0) is 26.2. The van der Waals surface area contributed by atoms with Crippen LogP contribution in [0.15, 0.2) is 48.5 Å². The van der Waals surface area contributed by atoms with Crippen LogP contribution in [0.5, 0.6) is 5.75 Å². The van der Waals surface area contributed by atoms with Gasteiger partial charge >= 0.3 is 5.97 Å². The highest BCUT2D eigenvalue weighted by molar-refractivity contribution is 6.06. The van der Waals surface area contributed by atoms with Gasteiger partial charge in [-0.1, -0.05) is 30.3 Å². The maximum atomic E-state index is 11.7. The number of ether oxygens (including phenoxy) is 3. The van der Waals surface area contributed by atoms with E-state index in [0.29, 0.717) is 31.3 Å². The number of hydrogen-bond donors (Lipinski definition) is 2. The number of carbonyl (C=O) groups excluding carboxylic acids is 1. The molecule has 0 fully saturated rings. The molecular formula is C28H35N5O4. The van der Waals surface area contributed by atoms with E-state index in [9.17, 15) is 4.79 Å². The molecule has 9 nitrogen and oxygen atoms in total. The van der Waals surface area contributed by atoms with Crippen molar-refractivity contribution in [3.8, 4) is 5.75 Å². The molecule has 0 radical (unpaired) electrons. The number of nitrogens with two attached hydrogens (primary N) is 1. The highest BCUT2D eigenvalue weighted by Crippen LogP contribution is 2.29. The van der Waals surface area contributed by atoms with Crippen molar-refractivity contribution in [3.63, 3.8) is 0 Å². The van der Waals surface area contributed by atoms with Crippen molar-refractivity contribution < 1.29 is 19.0 Å². The predicted molar refractivity (Wildman–Crippen MR) is 144 cm³/mol. The Morgan fingerprint density at radius 2 is 1.97 bits per heavy atom. The van der Waals surface area contributed by atoms with Crippen LogP contribution in [0.3, 0.4) is 0 Å². The van der Waals surface area contributed by atoms with E-state index < -0.39 is 0 Å². The number of aromatic nitrogens is 3. The Morgan fingerprint density at radius 1 is 1.14 bits per heavy atom. The number of hydrogen-bond acceptors (Lipinski definition) is 8. The van der Waals surface area contributed by atoms with Crippen LogP contribution in [0.2, 0.25) is 0 Å². The molecule has 0 aliphatic rings. The van der Waals surface area contributed by atoms with E-state index in [1.807, 2.05) is 63.2 Å². The fourth-order valence-electron chi connectivity index (χ4n) is 4.23. The molecule has 196 valence electrons. The Hall–Kier alpha value is -3.69. The number of carbonyl (C=O) groups is 1. The second-order valence-corrected chi connectivity index (χ2v) is 9.03. The molecule has 0 saturated carbocycles. The smallest absolute Gasteiger partial charge is 0.344 e.